The van der Waals surface area contributed by atoms with Crippen molar-refractivity contribution < 1.29 is 9.18 Å². The number of halogens is 1. The molecular weight excluding hydrogens is 263 g/mol. The largest absolute Gasteiger partial charge is 0.343 e. The van der Waals surface area contributed by atoms with Crippen molar-refractivity contribution >= 4 is 17.2 Å². The van der Waals surface area contributed by atoms with Gasteiger partial charge in [0.25, 0.3) is 5.91 Å². The summed E-state index contributed by atoms with van der Waals surface area (Å²) in [5.74, 6) is -0.527. The molecule has 3 nitrogen and oxygen atoms in total. The maximum absolute atomic E-state index is 13.0. The van der Waals surface area contributed by atoms with Crippen LogP contribution in [0.2, 0.25) is 0 Å². The van der Waals surface area contributed by atoms with Crippen LogP contribution >= 0.6 is 11.3 Å². The first kappa shape index (κ1) is 13.7. The predicted molar refractivity (Wildman–Crippen MR) is 73.7 cm³/mol. The number of hydrogen-bond acceptors (Lipinski definition) is 3. The summed E-state index contributed by atoms with van der Waals surface area (Å²) in [4.78, 5) is 16.4. The third-order valence-electron chi connectivity index (χ3n) is 2.90. The Bertz CT molecular complexity index is 569. The molecule has 19 heavy (non-hydrogen) atoms. The number of benzene rings is 1. The molecule has 0 spiro atoms. The zero-order chi connectivity index (χ0) is 13.8. The second kappa shape index (κ2) is 5.93. The second-order valence-electron chi connectivity index (χ2n) is 4.26. The van der Waals surface area contributed by atoms with Crippen LogP contribution < -0.4 is 5.32 Å². The highest BCUT2D eigenvalue weighted by molar-refractivity contribution is 7.09. The van der Waals surface area contributed by atoms with Gasteiger partial charge in [0.05, 0.1) is 6.04 Å². The lowest BCUT2D eigenvalue weighted by molar-refractivity contribution is 0.0935. The van der Waals surface area contributed by atoms with E-state index in [-0.39, 0.29) is 17.8 Å². The zero-order valence-electron chi connectivity index (χ0n) is 10.8. The molecule has 0 radical (unpaired) electrons. The summed E-state index contributed by atoms with van der Waals surface area (Å²) in [7, 11) is 0. The fourth-order valence-corrected chi connectivity index (χ4v) is 2.64. The highest BCUT2D eigenvalue weighted by Crippen LogP contribution is 2.20. The van der Waals surface area contributed by atoms with Crippen molar-refractivity contribution in [2.75, 3.05) is 0 Å². The van der Waals surface area contributed by atoms with E-state index in [1.165, 1.54) is 29.5 Å². The third-order valence-corrected chi connectivity index (χ3v) is 3.79. The van der Waals surface area contributed by atoms with Crippen LogP contribution in [0.3, 0.4) is 0 Å². The van der Waals surface area contributed by atoms with Gasteiger partial charge >= 0.3 is 0 Å². The molecule has 0 fully saturated rings. The molecule has 0 aliphatic carbocycles. The van der Waals surface area contributed by atoms with Crippen molar-refractivity contribution in [2.24, 2.45) is 0 Å². The van der Waals surface area contributed by atoms with E-state index in [9.17, 15) is 9.18 Å². The van der Waals surface area contributed by atoms with Gasteiger partial charge in [0, 0.05) is 17.1 Å². The summed E-state index contributed by atoms with van der Waals surface area (Å²) in [5.41, 5.74) is 1.13. The quantitative estimate of drug-likeness (QED) is 0.930. The highest BCUT2D eigenvalue weighted by atomic mass is 32.1. The minimum atomic E-state index is -0.332. The van der Waals surface area contributed by atoms with E-state index in [2.05, 4.69) is 10.3 Å². The Morgan fingerprint density at radius 2 is 2.32 bits per heavy atom. The molecule has 5 heteroatoms. The Hall–Kier alpha value is -1.75. The van der Waals surface area contributed by atoms with E-state index in [1.54, 1.807) is 13.1 Å². The van der Waals surface area contributed by atoms with Crippen LogP contribution in [-0.2, 0) is 0 Å². The number of aryl methyl sites for hydroxylation is 1. The number of amides is 1. The molecule has 0 bridgehead atoms. The maximum Gasteiger partial charge on any atom is 0.252 e. The standard InChI is InChI=1S/C14H15FN2OS/c1-3-12(14-16-6-7-19-14)17-13(18)11-5-4-10(15)8-9(11)2/h4-8,12H,3H2,1-2H3,(H,17,18). The Morgan fingerprint density at radius 1 is 1.53 bits per heavy atom. The SMILES string of the molecule is CCC(NC(=O)c1ccc(F)cc1C)c1nccs1. The van der Waals surface area contributed by atoms with Crippen LogP contribution in [0.1, 0.15) is 40.3 Å². The fourth-order valence-electron chi connectivity index (χ4n) is 1.86. The van der Waals surface area contributed by atoms with Crippen LogP contribution in [-0.4, -0.2) is 10.9 Å². The Kier molecular flexibility index (Phi) is 4.27. The van der Waals surface area contributed by atoms with E-state index in [0.29, 0.717) is 11.1 Å². The molecule has 0 aliphatic heterocycles. The third kappa shape index (κ3) is 3.17. The Balaban J connectivity index is 2.16. The van der Waals surface area contributed by atoms with Gasteiger partial charge in [-0.25, -0.2) is 9.37 Å². The van der Waals surface area contributed by atoms with Gasteiger partial charge in [-0.15, -0.1) is 11.3 Å². The van der Waals surface area contributed by atoms with Gasteiger partial charge in [0.2, 0.25) is 0 Å². The zero-order valence-corrected chi connectivity index (χ0v) is 11.6. The van der Waals surface area contributed by atoms with E-state index in [1.807, 2.05) is 12.3 Å². The normalized spacial score (nSPS) is 12.2. The fraction of sp³-hybridized carbons (Fsp3) is 0.286. The smallest absolute Gasteiger partial charge is 0.252 e. The molecule has 0 saturated carbocycles. The maximum atomic E-state index is 13.0. The lowest BCUT2D eigenvalue weighted by Gasteiger charge is -2.15. The van der Waals surface area contributed by atoms with Gasteiger partial charge in [0.1, 0.15) is 10.8 Å². The lowest BCUT2D eigenvalue weighted by atomic mass is 10.1. The summed E-state index contributed by atoms with van der Waals surface area (Å²) in [6, 6.07) is 4.07. The minimum Gasteiger partial charge on any atom is -0.343 e. The van der Waals surface area contributed by atoms with Gasteiger partial charge in [-0.2, -0.15) is 0 Å². The van der Waals surface area contributed by atoms with Crippen molar-refractivity contribution in [3.63, 3.8) is 0 Å². The molecule has 0 saturated heterocycles. The topological polar surface area (TPSA) is 42.0 Å². The highest BCUT2D eigenvalue weighted by Gasteiger charge is 2.17. The molecule has 1 atom stereocenters. The Morgan fingerprint density at radius 3 is 2.89 bits per heavy atom. The van der Waals surface area contributed by atoms with Gasteiger partial charge in [-0.05, 0) is 37.1 Å². The predicted octanol–water partition coefficient (Wildman–Crippen LogP) is 3.47. The van der Waals surface area contributed by atoms with Crippen molar-refractivity contribution in [3.05, 3.63) is 51.7 Å². The number of nitrogens with one attached hydrogen (secondary N) is 1. The van der Waals surface area contributed by atoms with Crippen molar-refractivity contribution in [1.82, 2.24) is 10.3 Å². The monoisotopic (exact) mass is 278 g/mol. The Labute approximate surface area is 115 Å². The van der Waals surface area contributed by atoms with Crippen LogP contribution in [0.5, 0.6) is 0 Å². The van der Waals surface area contributed by atoms with E-state index >= 15 is 0 Å². The number of carbonyl (C=O) groups is 1. The average molecular weight is 278 g/mol. The molecule has 0 aliphatic rings. The van der Waals surface area contributed by atoms with E-state index in [4.69, 9.17) is 0 Å². The summed E-state index contributed by atoms with van der Waals surface area (Å²) >= 11 is 1.51. The molecule has 1 amide bonds. The molecule has 1 aromatic carbocycles. The van der Waals surface area contributed by atoms with Gasteiger partial charge in [0.15, 0.2) is 0 Å². The molecule has 100 valence electrons. The number of thiazole rings is 1. The summed E-state index contributed by atoms with van der Waals surface area (Å²) in [5, 5.41) is 5.70. The van der Waals surface area contributed by atoms with Crippen LogP contribution in [0.25, 0.3) is 0 Å². The van der Waals surface area contributed by atoms with Crippen molar-refractivity contribution in [2.45, 2.75) is 26.3 Å². The van der Waals surface area contributed by atoms with Crippen LogP contribution in [0.4, 0.5) is 4.39 Å². The summed E-state index contributed by atoms with van der Waals surface area (Å²) in [6.07, 6.45) is 2.48. The van der Waals surface area contributed by atoms with E-state index in [0.717, 1.165) is 11.4 Å². The second-order valence-corrected chi connectivity index (χ2v) is 5.19. The number of aromatic nitrogens is 1. The van der Waals surface area contributed by atoms with Crippen LogP contribution in [0.15, 0.2) is 29.8 Å². The molecule has 1 aromatic heterocycles. The first-order valence-corrected chi connectivity index (χ1v) is 6.96. The molecular formula is C14H15FN2OS. The first-order chi connectivity index (χ1) is 9.11. The molecule has 1 N–H and O–H groups in total. The molecule has 2 rings (SSSR count). The lowest BCUT2D eigenvalue weighted by Crippen LogP contribution is -2.28. The number of carbonyl (C=O) groups excluding carboxylic acids is 1. The molecule has 1 heterocycles. The summed E-state index contributed by atoms with van der Waals surface area (Å²) < 4.78 is 13.0. The first-order valence-electron chi connectivity index (χ1n) is 6.08. The van der Waals surface area contributed by atoms with Crippen molar-refractivity contribution in [1.29, 1.82) is 0 Å². The van der Waals surface area contributed by atoms with Gasteiger partial charge in [-0.3, -0.25) is 4.79 Å². The van der Waals surface area contributed by atoms with Gasteiger partial charge in [-0.1, -0.05) is 6.92 Å². The van der Waals surface area contributed by atoms with Crippen LogP contribution in [0, 0.1) is 12.7 Å². The van der Waals surface area contributed by atoms with E-state index < -0.39 is 0 Å². The number of nitrogens with zero attached hydrogens (tertiary/aromatic N) is 1. The molecule has 2 aromatic rings. The number of hydrogen-bond donors (Lipinski definition) is 1. The number of rotatable bonds is 4. The molecule has 1 unspecified atom stereocenters. The summed E-state index contributed by atoms with van der Waals surface area (Å²) in [6.45, 7) is 3.71. The minimum absolute atomic E-state index is 0.100. The van der Waals surface area contributed by atoms with Crippen molar-refractivity contribution in [3.8, 4) is 0 Å². The average Bonchev–Trinajstić information content (AvgIpc) is 2.89. The van der Waals surface area contributed by atoms with Gasteiger partial charge < -0.3 is 5.32 Å².